The van der Waals surface area contributed by atoms with Gasteiger partial charge in [0.15, 0.2) is 12.6 Å². The van der Waals surface area contributed by atoms with Crippen LogP contribution in [-0.2, 0) is 23.7 Å². The molecule has 0 saturated heterocycles. The molecule has 0 aromatic carbocycles. The van der Waals surface area contributed by atoms with Crippen LogP contribution in [0.25, 0.3) is 0 Å². The fraction of sp³-hybridized carbons (Fsp3) is 0.727. The van der Waals surface area contributed by atoms with Crippen LogP contribution in [0.4, 0.5) is 0 Å². The Hall–Kier alpha value is -0.950. The Kier molecular flexibility index (Phi) is 8.61. The van der Waals surface area contributed by atoms with Crippen molar-refractivity contribution >= 4 is 5.91 Å². The molecule has 0 unspecified atom stereocenters. The van der Waals surface area contributed by atoms with Crippen molar-refractivity contribution in [3.8, 4) is 0 Å². The van der Waals surface area contributed by atoms with Gasteiger partial charge in [-0.2, -0.15) is 0 Å². The van der Waals surface area contributed by atoms with Gasteiger partial charge >= 0.3 is 0 Å². The molecular weight excluding hydrogens is 226 g/mol. The lowest BCUT2D eigenvalue weighted by Gasteiger charge is -2.27. The van der Waals surface area contributed by atoms with Crippen molar-refractivity contribution in [1.29, 1.82) is 0 Å². The molecule has 0 saturated carbocycles. The molecule has 0 aliphatic carbocycles. The zero-order valence-electron chi connectivity index (χ0n) is 10.8. The fourth-order valence-electron chi connectivity index (χ4n) is 1.23. The second-order valence-corrected chi connectivity index (χ2v) is 3.25. The summed E-state index contributed by atoms with van der Waals surface area (Å²) in [5, 5.41) is 0. The summed E-state index contributed by atoms with van der Waals surface area (Å²) in [6, 6.07) is 0. The van der Waals surface area contributed by atoms with E-state index in [1.165, 1.54) is 39.4 Å². The van der Waals surface area contributed by atoms with E-state index in [0.717, 1.165) is 0 Å². The van der Waals surface area contributed by atoms with Crippen LogP contribution < -0.4 is 0 Å². The number of nitrogens with zero attached hydrogens (tertiary/aromatic N) is 1. The highest BCUT2D eigenvalue weighted by Crippen LogP contribution is 2.03. The molecule has 6 nitrogen and oxygen atoms in total. The standard InChI is InChI=1S/C11H21NO5/c1-6-9(13)12(7-10(14-2)15-3)8-11(16-4)17-5/h6,10-11H,1,7-8H2,2-5H3. The molecular formula is C11H21NO5. The molecule has 6 heteroatoms. The highest BCUT2D eigenvalue weighted by Gasteiger charge is 2.20. The van der Waals surface area contributed by atoms with Crippen LogP contribution in [0.2, 0.25) is 0 Å². The molecule has 0 aromatic rings. The normalized spacial score (nSPS) is 10.9. The summed E-state index contributed by atoms with van der Waals surface area (Å²) < 4.78 is 20.2. The Balaban J connectivity index is 4.52. The van der Waals surface area contributed by atoms with Crippen molar-refractivity contribution in [3.63, 3.8) is 0 Å². The summed E-state index contributed by atoms with van der Waals surface area (Å²) in [5.74, 6) is -0.233. The molecule has 0 aliphatic heterocycles. The number of hydrogen-bond acceptors (Lipinski definition) is 5. The van der Waals surface area contributed by atoms with Crippen molar-refractivity contribution in [2.75, 3.05) is 41.5 Å². The number of amides is 1. The Morgan fingerprint density at radius 1 is 1.06 bits per heavy atom. The Labute approximate surface area is 102 Å². The quantitative estimate of drug-likeness (QED) is 0.431. The van der Waals surface area contributed by atoms with E-state index >= 15 is 0 Å². The topological polar surface area (TPSA) is 57.2 Å². The molecule has 0 heterocycles. The molecule has 17 heavy (non-hydrogen) atoms. The second kappa shape index (κ2) is 9.12. The van der Waals surface area contributed by atoms with Crippen LogP contribution in [0.15, 0.2) is 12.7 Å². The molecule has 0 aliphatic rings. The summed E-state index contributed by atoms with van der Waals surface area (Å²) in [7, 11) is 6.04. The smallest absolute Gasteiger partial charge is 0.246 e. The third kappa shape index (κ3) is 5.78. The maximum Gasteiger partial charge on any atom is 0.246 e. The molecule has 100 valence electrons. The first-order chi connectivity index (χ1) is 8.12. The number of hydrogen-bond donors (Lipinski definition) is 0. The molecule has 0 rings (SSSR count). The van der Waals surface area contributed by atoms with Crippen molar-refractivity contribution in [1.82, 2.24) is 4.90 Å². The average Bonchev–Trinajstić information content (AvgIpc) is 2.38. The minimum Gasteiger partial charge on any atom is -0.354 e. The molecule has 0 spiro atoms. The Morgan fingerprint density at radius 2 is 1.41 bits per heavy atom. The first-order valence-electron chi connectivity index (χ1n) is 5.15. The number of carbonyl (C=O) groups excluding carboxylic acids is 1. The van der Waals surface area contributed by atoms with E-state index < -0.39 is 12.6 Å². The Morgan fingerprint density at radius 3 is 1.65 bits per heavy atom. The van der Waals surface area contributed by atoms with Gasteiger partial charge in [-0.05, 0) is 6.08 Å². The van der Waals surface area contributed by atoms with Gasteiger partial charge in [-0.1, -0.05) is 6.58 Å². The highest BCUT2D eigenvalue weighted by atomic mass is 16.7. The van der Waals surface area contributed by atoms with Crippen LogP contribution >= 0.6 is 0 Å². The van der Waals surface area contributed by atoms with E-state index in [-0.39, 0.29) is 19.0 Å². The van der Waals surface area contributed by atoms with E-state index in [9.17, 15) is 4.79 Å². The van der Waals surface area contributed by atoms with Crippen LogP contribution in [0.1, 0.15) is 0 Å². The van der Waals surface area contributed by atoms with Gasteiger partial charge in [0, 0.05) is 28.4 Å². The number of carbonyl (C=O) groups is 1. The summed E-state index contributed by atoms with van der Waals surface area (Å²) in [6.45, 7) is 4.00. The molecule has 0 N–H and O–H groups in total. The lowest BCUT2D eigenvalue weighted by molar-refractivity contribution is -0.158. The molecule has 0 radical (unpaired) electrons. The first kappa shape index (κ1) is 16.1. The number of methoxy groups -OCH3 is 4. The van der Waals surface area contributed by atoms with E-state index in [1.807, 2.05) is 0 Å². The molecule has 0 atom stereocenters. The van der Waals surface area contributed by atoms with Gasteiger partial charge in [-0.15, -0.1) is 0 Å². The zero-order valence-corrected chi connectivity index (χ0v) is 10.8. The minimum atomic E-state index is -0.492. The van der Waals surface area contributed by atoms with Crippen LogP contribution in [-0.4, -0.2) is 64.9 Å². The van der Waals surface area contributed by atoms with E-state index in [1.54, 1.807) is 0 Å². The fourth-order valence-corrected chi connectivity index (χ4v) is 1.23. The zero-order chi connectivity index (χ0) is 13.3. The minimum absolute atomic E-state index is 0.233. The third-order valence-electron chi connectivity index (χ3n) is 2.28. The third-order valence-corrected chi connectivity index (χ3v) is 2.28. The monoisotopic (exact) mass is 247 g/mol. The van der Waals surface area contributed by atoms with Gasteiger partial charge in [0.2, 0.25) is 5.91 Å². The van der Waals surface area contributed by atoms with Crippen molar-refractivity contribution < 1.29 is 23.7 Å². The van der Waals surface area contributed by atoms with Gasteiger partial charge in [-0.3, -0.25) is 4.79 Å². The summed E-state index contributed by atoms with van der Waals surface area (Å²) in [6.07, 6.45) is 0.242. The van der Waals surface area contributed by atoms with Gasteiger partial charge < -0.3 is 23.8 Å². The number of ether oxygens (including phenoxy) is 4. The summed E-state index contributed by atoms with van der Waals surface area (Å²) in [5.41, 5.74) is 0. The highest BCUT2D eigenvalue weighted by molar-refractivity contribution is 5.87. The molecule has 0 bridgehead atoms. The maximum atomic E-state index is 11.6. The molecule has 0 fully saturated rings. The Bertz CT molecular complexity index is 212. The van der Waals surface area contributed by atoms with Crippen LogP contribution in [0.5, 0.6) is 0 Å². The maximum absolute atomic E-state index is 11.6. The van der Waals surface area contributed by atoms with Crippen LogP contribution in [0, 0.1) is 0 Å². The van der Waals surface area contributed by atoms with Crippen molar-refractivity contribution in [3.05, 3.63) is 12.7 Å². The van der Waals surface area contributed by atoms with Gasteiger partial charge in [0.1, 0.15) is 0 Å². The number of rotatable bonds is 9. The predicted octanol–water partition coefficient (Wildman–Crippen LogP) is 0.239. The van der Waals surface area contributed by atoms with E-state index in [0.29, 0.717) is 0 Å². The van der Waals surface area contributed by atoms with Crippen molar-refractivity contribution in [2.24, 2.45) is 0 Å². The SMILES string of the molecule is C=CC(=O)N(CC(OC)OC)CC(OC)OC. The van der Waals surface area contributed by atoms with E-state index in [2.05, 4.69) is 6.58 Å². The predicted molar refractivity (Wildman–Crippen MR) is 62.4 cm³/mol. The lowest BCUT2D eigenvalue weighted by atomic mass is 10.4. The molecule has 1 amide bonds. The van der Waals surface area contributed by atoms with Gasteiger partial charge in [-0.25, -0.2) is 0 Å². The average molecular weight is 247 g/mol. The second-order valence-electron chi connectivity index (χ2n) is 3.25. The first-order valence-corrected chi connectivity index (χ1v) is 5.15. The van der Waals surface area contributed by atoms with Crippen molar-refractivity contribution in [2.45, 2.75) is 12.6 Å². The van der Waals surface area contributed by atoms with Crippen LogP contribution in [0.3, 0.4) is 0 Å². The summed E-state index contributed by atoms with van der Waals surface area (Å²) >= 11 is 0. The van der Waals surface area contributed by atoms with Gasteiger partial charge in [0.25, 0.3) is 0 Å². The van der Waals surface area contributed by atoms with E-state index in [4.69, 9.17) is 18.9 Å². The largest absolute Gasteiger partial charge is 0.354 e. The summed E-state index contributed by atoms with van der Waals surface area (Å²) in [4.78, 5) is 13.1. The lowest BCUT2D eigenvalue weighted by Crippen LogP contribution is -2.43. The molecule has 0 aromatic heterocycles. The van der Waals surface area contributed by atoms with Gasteiger partial charge in [0.05, 0.1) is 13.1 Å².